The third kappa shape index (κ3) is 2.91. The van der Waals surface area contributed by atoms with E-state index in [-0.39, 0.29) is 23.2 Å². The number of fused-ring (bicyclic) bond motifs is 2. The number of methoxy groups -OCH3 is 1. The minimum Gasteiger partial charge on any atom is -0.492 e. The summed E-state index contributed by atoms with van der Waals surface area (Å²) < 4.78 is 27.5. The highest BCUT2D eigenvalue weighted by molar-refractivity contribution is 5.92. The predicted molar refractivity (Wildman–Crippen MR) is 108 cm³/mol. The van der Waals surface area contributed by atoms with Crippen molar-refractivity contribution in [2.75, 3.05) is 25.1 Å². The van der Waals surface area contributed by atoms with Crippen LogP contribution in [-0.2, 0) is 0 Å². The highest BCUT2D eigenvalue weighted by Crippen LogP contribution is 2.47. The molecule has 2 heterocycles. The van der Waals surface area contributed by atoms with Crippen molar-refractivity contribution < 1.29 is 23.8 Å². The van der Waals surface area contributed by atoms with Gasteiger partial charge in [0.1, 0.15) is 5.69 Å². The summed E-state index contributed by atoms with van der Waals surface area (Å²) in [7, 11) is 1.46. The summed E-state index contributed by atoms with van der Waals surface area (Å²) >= 11 is 0. The molecule has 1 aliphatic heterocycles. The Morgan fingerprint density at radius 1 is 1.33 bits per heavy atom. The van der Waals surface area contributed by atoms with E-state index >= 15 is 4.39 Å². The van der Waals surface area contributed by atoms with Crippen LogP contribution in [0.1, 0.15) is 31.7 Å². The second kappa shape index (κ2) is 6.87. The number of hydrogen-bond donors (Lipinski definition) is 2. The predicted octanol–water partition coefficient (Wildman–Crippen LogP) is 2.71. The summed E-state index contributed by atoms with van der Waals surface area (Å²) in [5.74, 6) is 0.304. The Kier molecular flexibility index (Phi) is 4.39. The first-order chi connectivity index (χ1) is 14.4. The lowest BCUT2D eigenvalue weighted by molar-refractivity contribution is 0.110. The van der Waals surface area contributed by atoms with E-state index in [2.05, 4.69) is 4.74 Å². The molecule has 3 fully saturated rings. The molecule has 0 spiro atoms. The van der Waals surface area contributed by atoms with E-state index in [0.717, 1.165) is 25.7 Å². The highest BCUT2D eigenvalue weighted by atomic mass is 19.1. The molecule has 0 bridgehead atoms. The smallest absolute Gasteiger partial charge is 0.492 e. The van der Waals surface area contributed by atoms with Gasteiger partial charge in [-0.3, -0.25) is 4.79 Å². The summed E-state index contributed by atoms with van der Waals surface area (Å²) in [5, 5.41) is 9.02. The van der Waals surface area contributed by atoms with Gasteiger partial charge in [0.2, 0.25) is 5.43 Å². The zero-order valence-corrected chi connectivity index (χ0v) is 16.6. The number of nitrogens with zero attached hydrogens (tertiary/aromatic N) is 2. The van der Waals surface area contributed by atoms with Gasteiger partial charge in [-0.2, -0.15) is 0 Å². The third-order valence-electron chi connectivity index (χ3n) is 6.75. The van der Waals surface area contributed by atoms with Crippen molar-refractivity contribution in [3.8, 4) is 11.5 Å². The molecular formula is C21H24FN3O5. The minimum atomic E-state index is -1.59. The average molecular weight is 417 g/mol. The van der Waals surface area contributed by atoms with Crippen LogP contribution >= 0.6 is 0 Å². The molecule has 0 unspecified atom stereocenters. The fraction of sp³-hybridized carbons (Fsp3) is 0.524. The van der Waals surface area contributed by atoms with Crippen molar-refractivity contribution in [3.63, 3.8) is 0 Å². The lowest BCUT2D eigenvalue weighted by Gasteiger charge is -2.50. The van der Waals surface area contributed by atoms with Gasteiger partial charge in [-0.25, -0.2) is 9.18 Å². The maximum atomic E-state index is 15.4. The van der Waals surface area contributed by atoms with Gasteiger partial charge in [0.15, 0.2) is 17.3 Å². The molecule has 3 atom stereocenters. The lowest BCUT2D eigenvalue weighted by Crippen LogP contribution is -2.57. The van der Waals surface area contributed by atoms with Crippen LogP contribution in [0.3, 0.4) is 0 Å². The number of benzene rings is 1. The van der Waals surface area contributed by atoms with Gasteiger partial charge in [0.05, 0.1) is 24.2 Å². The number of anilines is 1. The van der Waals surface area contributed by atoms with Crippen LogP contribution in [-0.4, -0.2) is 42.1 Å². The number of hydrogen-bond acceptors (Lipinski definition) is 6. The van der Waals surface area contributed by atoms with E-state index in [0.29, 0.717) is 41.9 Å². The molecule has 2 saturated carbocycles. The fourth-order valence-corrected chi connectivity index (χ4v) is 5.05. The van der Waals surface area contributed by atoms with E-state index in [1.165, 1.54) is 19.4 Å². The maximum absolute atomic E-state index is 15.4. The Balaban J connectivity index is 1.70. The van der Waals surface area contributed by atoms with Gasteiger partial charge in [-0.15, -0.1) is 0 Å². The maximum Gasteiger partial charge on any atom is 0.511 e. The molecule has 8 nitrogen and oxygen atoms in total. The Morgan fingerprint density at radius 3 is 2.73 bits per heavy atom. The molecule has 2 aromatic rings. The average Bonchev–Trinajstić information content (AvgIpc) is 3.54. The van der Waals surface area contributed by atoms with Gasteiger partial charge >= 0.3 is 6.16 Å². The number of nitrogens with two attached hydrogens (primary N) is 1. The molecule has 3 N–H and O–H groups in total. The van der Waals surface area contributed by atoms with Crippen LogP contribution in [0.5, 0.6) is 11.5 Å². The zero-order chi connectivity index (χ0) is 21.2. The van der Waals surface area contributed by atoms with Gasteiger partial charge in [0.25, 0.3) is 0 Å². The number of aromatic nitrogens is 1. The second-order valence-corrected chi connectivity index (χ2v) is 8.52. The standard InChI is InChI=1S/C21H24FN3O5/c1-29-20-17-12(19(26)16(30-21(27)28)9-25(17)11-2-3-11)7-14(22)18(20)24-5-4-10-6-15(23)13(10)8-24/h7,9-11,13,15H,2-6,8,23H2,1H3,(H,27,28)/t10-,13-,15+/m1/s1. The minimum absolute atomic E-state index is 0.0500. The number of carbonyl (C=O) groups is 1. The first-order valence-electron chi connectivity index (χ1n) is 10.3. The van der Waals surface area contributed by atoms with Gasteiger partial charge in [-0.05, 0) is 43.6 Å². The number of halogens is 1. The number of rotatable bonds is 4. The highest BCUT2D eigenvalue weighted by Gasteiger charge is 2.43. The van der Waals surface area contributed by atoms with E-state index in [1.54, 1.807) is 4.57 Å². The largest absolute Gasteiger partial charge is 0.511 e. The molecule has 1 aromatic heterocycles. The molecule has 3 aliphatic rings. The van der Waals surface area contributed by atoms with Crippen LogP contribution in [0.25, 0.3) is 10.9 Å². The number of pyridine rings is 1. The summed E-state index contributed by atoms with van der Waals surface area (Å²) in [4.78, 5) is 25.8. The first kappa shape index (κ1) is 19.2. The van der Waals surface area contributed by atoms with Crippen molar-refractivity contribution in [1.29, 1.82) is 0 Å². The topological polar surface area (TPSA) is 107 Å². The van der Waals surface area contributed by atoms with Gasteiger partial charge < -0.3 is 29.8 Å². The number of ether oxygens (including phenoxy) is 2. The van der Waals surface area contributed by atoms with E-state index in [1.807, 2.05) is 4.90 Å². The molecule has 9 heteroatoms. The van der Waals surface area contributed by atoms with Gasteiger partial charge in [-0.1, -0.05) is 0 Å². The quantitative estimate of drug-likeness (QED) is 0.737. The number of carboxylic acid groups (broad SMARTS) is 1. The summed E-state index contributed by atoms with van der Waals surface area (Å²) in [6.45, 7) is 1.35. The Labute approximate surface area is 172 Å². The molecule has 0 radical (unpaired) electrons. The zero-order valence-electron chi connectivity index (χ0n) is 16.6. The second-order valence-electron chi connectivity index (χ2n) is 8.52. The van der Waals surface area contributed by atoms with Crippen molar-refractivity contribution in [1.82, 2.24) is 4.57 Å². The van der Waals surface area contributed by atoms with Crippen molar-refractivity contribution in [2.24, 2.45) is 17.6 Å². The summed E-state index contributed by atoms with van der Waals surface area (Å²) in [5.41, 5.74) is 6.30. The lowest BCUT2D eigenvalue weighted by atomic mass is 9.66. The van der Waals surface area contributed by atoms with E-state index < -0.39 is 17.4 Å². The molecule has 5 rings (SSSR count). The molecule has 1 aromatic carbocycles. The molecule has 0 amide bonds. The molecule has 30 heavy (non-hydrogen) atoms. The monoisotopic (exact) mass is 417 g/mol. The van der Waals surface area contributed by atoms with Crippen LogP contribution in [0.4, 0.5) is 14.9 Å². The van der Waals surface area contributed by atoms with Gasteiger partial charge in [0, 0.05) is 25.2 Å². The normalized spacial score (nSPS) is 25.6. The first-order valence-corrected chi connectivity index (χ1v) is 10.3. The Morgan fingerprint density at radius 2 is 2.10 bits per heavy atom. The SMILES string of the molecule is COc1c(N2CC[C@@H]3C[C@H](N)[C@@H]3C2)c(F)cc2c(=O)c(OC(=O)O)cn(C3CC3)c12. The van der Waals surface area contributed by atoms with Crippen LogP contribution in [0, 0.1) is 17.7 Å². The summed E-state index contributed by atoms with van der Waals surface area (Å²) in [6, 6.07) is 1.39. The van der Waals surface area contributed by atoms with Crippen LogP contribution < -0.4 is 25.5 Å². The van der Waals surface area contributed by atoms with E-state index in [9.17, 15) is 9.59 Å². The molecule has 2 aliphatic carbocycles. The molecule has 1 saturated heterocycles. The molecular weight excluding hydrogens is 393 g/mol. The van der Waals surface area contributed by atoms with E-state index in [4.69, 9.17) is 15.6 Å². The Bertz CT molecular complexity index is 1100. The Hall–Kier alpha value is -2.81. The van der Waals surface area contributed by atoms with Crippen LogP contribution in [0.2, 0.25) is 0 Å². The van der Waals surface area contributed by atoms with Crippen molar-refractivity contribution in [2.45, 2.75) is 37.8 Å². The number of piperidine rings is 1. The van der Waals surface area contributed by atoms with Crippen LogP contribution in [0.15, 0.2) is 17.1 Å². The third-order valence-corrected chi connectivity index (χ3v) is 6.75. The van der Waals surface area contributed by atoms with Crippen molar-refractivity contribution >= 4 is 22.7 Å². The summed E-state index contributed by atoms with van der Waals surface area (Å²) in [6.07, 6.45) is 3.53. The molecule has 160 valence electrons. The fourth-order valence-electron chi connectivity index (χ4n) is 5.05. The van der Waals surface area contributed by atoms with Crippen molar-refractivity contribution in [3.05, 3.63) is 28.3 Å².